The summed E-state index contributed by atoms with van der Waals surface area (Å²) < 4.78 is 7.19. The molecule has 10 heteroatoms. The summed E-state index contributed by atoms with van der Waals surface area (Å²) in [5.74, 6) is -1.01. The first-order valence-electron chi connectivity index (χ1n) is 11.9. The number of fused-ring (bicyclic) bond motifs is 1. The van der Waals surface area contributed by atoms with Crippen LogP contribution in [0.15, 0.2) is 107 Å². The van der Waals surface area contributed by atoms with Gasteiger partial charge in [0.2, 0.25) is 0 Å². The number of benzene rings is 4. The SMILES string of the molecule is O=C(N/N=C\c1cc(Br)ccc1OC(=O)c1ccccc1)c1ccc(NC(=O)c2sc3ccccc3c2Cl)cc1. The Morgan fingerprint density at radius 1 is 0.850 bits per heavy atom. The fourth-order valence-corrected chi connectivity index (χ4v) is 5.52. The smallest absolute Gasteiger partial charge is 0.343 e. The van der Waals surface area contributed by atoms with Crippen LogP contribution in [0.3, 0.4) is 0 Å². The Morgan fingerprint density at radius 3 is 2.33 bits per heavy atom. The van der Waals surface area contributed by atoms with E-state index in [4.69, 9.17) is 16.3 Å². The van der Waals surface area contributed by atoms with Crippen molar-refractivity contribution in [2.24, 2.45) is 5.10 Å². The lowest BCUT2D eigenvalue weighted by Crippen LogP contribution is -2.18. The number of halogens is 2. The largest absolute Gasteiger partial charge is 0.422 e. The molecule has 7 nitrogen and oxygen atoms in total. The number of amides is 2. The molecule has 0 fully saturated rings. The number of hydrogen-bond acceptors (Lipinski definition) is 6. The molecule has 0 unspecified atom stereocenters. The summed E-state index contributed by atoms with van der Waals surface area (Å²) in [4.78, 5) is 38.3. The highest BCUT2D eigenvalue weighted by Crippen LogP contribution is 2.35. The second kappa shape index (κ2) is 12.3. The summed E-state index contributed by atoms with van der Waals surface area (Å²) >= 11 is 11.1. The highest BCUT2D eigenvalue weighted by molar-refractivity contribution is 9.10. The lowest BCUT2D eigenvalue weighted by Gasteiger charge is -2.08. The molecule has 4 aromatic carbocycles. The number of carbonyl (C=O) groups is 3. The van der Waals surface area contributed by atoms with Crippen molar-refractivity contribution in [1.82, 2.24) is 5.43 Å². The molecule has 0 saturated heterocycles. The van der Waals surface area contributed by atoms with E-state index >= 15 is 0 Å². The van der Waals surface area contributed by atoms with E-state index in [0.29, 0.717) is 32.3 Å². The molecule has 40 heavy (non-hydrogen) atoms. The van der Waals surface area contributed by atoms with Crippen molar-refractivity contribution >= 4 is 78.6 Å². The van der Waals surface area contributed by atoms with Gasteiger partial charge in [-0.15, -0.1) is 11.3 Å². The minimum atomic E-state index is -0.511. The first-order valence-corrected chi connectivity index (χ1v) is 13.9. The molecule has 5 rings (SSSR count). The molecule has 1 heterocycles. The molecule has 0 radical (unpaired) electrons. The molecular formula is C30H19BrClN3O4S. The molecule has 0 spiro atoms. The number of ether oxygens (including phenoxy) is 1. The van der Waals surface area contributed by atoms with Crippen LogP contribution in [-0.2, 0) is 0 Å². The molecule has 0 aliphatic carbocycles. The van der Waals surface area contributed by atoms with E-state index in [9.17, 15) is 14.4 Å². The van der Waals surface area contributed by atoms with Gasteiger partial charge in [0.25, 0.3) is 11.8 Å². The molecule has 0 saturated carbocycles. The Labute approximate surface area is 246 Å². The van der Waals surface area contributed by atoms with Crippen molar-refractivity contribution in [1.29, 1.82) is 0 Å². The van der Waals surface area contributed by atoms with Gasteiger partial charge >= 0.3 is 5.97 Å². The highest BCUT2D eigenvalue weighted by Gasteiger charge is 2.17. The number of hydrazone groups is 1. The van der Waals surface area contributed by atoms with E-state index in [-0.39, 0.29) is 11.7 Å². The number of nitrogens with one attached hydrogen (secondary N) is 2. The van der Waals surface area contributed by atoms with Gasteiger partial charge in [-0.3, -0.25) is 9.59 Å². The molecule has 2 N–H and O–H groups in total. The van der Waals surface area contributed by atoms with Crippen LogP contribution in [0.1, 0.15) is 36.0 Å². The maximum Gasteiger partial charge on any atom is 0.343 e. The van der Waals surface area contributed by atoms with Crippen LogP contribution < -0.4 is 15.5 Å². The Hall–Kier alpha value is -4.31. The van der Waals surface area contributed by atoms with Crippen molar-refractivity contribution in [3.05, 3.63) is 128 Å². The predicted octanol–water partition coefficient (Wildman–Crippen LogP) is 7.55. The van der Waals surface area contributed by atoms with Gasteiger partial charge in [0.1, 0.15) is 10.6 Å². The minimum Gasteiger partial charge on any atom is -0.422 e. The third-order valence-corrected chi connectivity index (χ3v) is 7.87. The van der Waals surface area contributed by atoms with E-state index < -0.39 is 11.9 Å². The molecular weight excluding hydrogens is 614 g/mol. The van der Waals surface area contributed by atoms with Crippen LogP contribution in [-0.4, -0.2) is 24.0 Å². The zero-order valence-corrected chi connectivity index (χ0v) is 23.7. The quantitative estimate of drug-likeness (QED) is 0.0838. The summed E-state index contributed by atoms with van der Waals surface area (Å²) in [5.41, 5.74) is 4.20. The van der Waals surface area contributed by atoms with E-state index in [0.717, 1.165) is 14.6 Å². The van der Waals surface area contributed by atoms with Gasteiger partial charge in [-0.2, -0.15) is 5.10 Å². The average Bonchev–Trinajstić information content (AvgIpc) is 3.31. The first kappa shape index (κ1) is 27.3. The van der Waals surface area contributed by atoms with Gasteiger partial charge in [0.05, 0.1) is 16.8 Å². The molecule has 2 amide bonds. The topological polar surface area (TPSA) is 96.9 Å². The van der Waals surface area contributed by atoms with Gasteiger partial charge in [-0.1, -0.05) is 63.9 Å². The van der Waals surface area contributed by atoms with E-state index in [1.54, 1.807) is 66.7 Å². The standard InChI is InChI=1S/C30H19BrClN3O4S/c31-21-12-15-24(39-30(38)19-6-2-1-3-7-19)20(16-21)17-33-35-28(36)18-10-13-22(14-11-18)34-29(37)27-26(32)23-8-4-5-9-25(23)40-27/h1-17H,(H,34,37)(H,35,36)/b33-17-. The minimum absolute atomic E-state index is 0.286. The second-order valence-corrected chi connectivity index (χ2v) is 10.8. The average molecular weight is 633 g/mol. The molecule has 0 aliphatic rings. The highest BCUT2D eigenvalue weighted by atomic mass is 79.9. The van der Waals surface area contributed by atoms with Crippen LogP contribution in [0.25, 0.3) is 10.1 Å². The van der Waals surface area contributed by atoms with Gasteiger partial charge in [-0.25, -0.2) is 10.2 Å². The van der Waals surface area contributed by atoms with Crippen molar-refractivity contribution in [3.8, 4) is 5.75 Å². The number of anilines is 1. The van der Waals surface area contributed by atoms with E-state index in [1.165, 1.54) is 17.6 Å². The Kier molecular flexibility index (Phi) is 8.35. The summed E-state index contributed by atoms with van der Waals surface area (Å²) in [6.45, 7) is 0. The fourth-order valence-electron chi connectivity index (χ4n) is 3.72. The summed E-state index contributed by atoms with van der Waals surface area (Å²) in [7, 11) is 0. The van der Waals surface area contributed by atoms with Crippen LogP contribution in [0, 0.1) is 0 Å². The van der Waals surface area contributed by atoms with Gasteiger partial charge in [-0.05, 0) is 60.7 Å². The predicted molar refractivity (Wildman–Crippen MR) is 162 cm³/mol. The summed E-state index contributed by atoms with van der Waals surface area (Å²) in [6, 6.07) is 27.6. The van der Waals surface area contributed by atoms with Gasteiger partial charge < -0.3 is 10.1 Å². The third kappa shape index (κ3) is 6.28. The normalized spacial score (nSPS) is 10.9. The van der Waals surface area contributed by atoms with Crippen molar-refractivity contribution in [2.75, 3.05) is 5.32 Å². The number of rotatable bonds is 7. The first-order chi connectivity index (χ1) is 19.4. The summed E-state index contributed by atoms with van der Waals surface area (Å²) in [6.07, 6.45) is 1.39. The van der Waals surface area contributed by atoms with Crippen LogP contribution >= 0.6 is 38.9 Å². The lowest BCUT2D eigenvalue weighted by molar-refractivity contribution is 0.0734. The van der Waals surface area contributed by atoms with Crippen molar-refractivity contribution in [3.63, 3.8) is 0 Å². The number of thiophene rings is 1. The molecule has 5 aromatic rings. The zero-order chi connectivity index (χ0) is 28.1. The van der Waals surface area contributed by atoms with Crippen LogP contribution in [0.4, 0.5) is 5.69 Å². The molecule has 0 bridgehead atoms. The van der Waals surface area contributed by atoms with E-state index in [1.807, 2.05) is 30.3 Å². The van der Waals surface area contributed by atoms with Crippen LogP contribution in [0.2, 0.25) is 5.02 Å². The van der Waals surface area contributed by atoms with Gasteiger partial charge in [0.15, 0.2) is 0 Å². The van der Waals surface area contributed by atoms with Gasteiger partial charge in [0, 0.05) is 31.4 Å². The molecule has 198 valence electrons. The number of carbonyl (C=O) groups excluding carboxylic acids is 3. The molecule has 0 aliphatic heterocycles. The van der Waals surface area contributed by atoms with Crippen LogP contribution in [0.5, 0.6) is 5.75 Å². The van der Waals surface area contributed by atoms with Crippen molar-refractivity contribution in [2.45, 2.75) is 0 Å². The Morgan fingerprint density at radius 2 is 1.57 bits per heavy atom. The van der Waals surface area contributed by atoms with E-state index in [2.05, 4.69) is 31.8 Å². The number of esters is 1. The maximum atomic E-state index is 12.8. The third-order valence-electron chi connectivity index (χ3n) is 5.70. The van der Waals surface area contributed by atoms with Crippen molar-refractivity contribution < 1.29 is 19.1 Å². The Bertz CT molecular complexity index is 1750. The Balaban J connectivity index is 1.22. The molecule has 0 atom stereocenters. The zero-order valence-electron chi connectivity index (χ0n) is 20.6. The summed E-state index contributed by atoms with van der Waals surface area (Å²) in [5, 5.41) is 8.07. The lowest BCUT2D eigenvalue weighted by atomic mass is 10.2. The fraction of sp³-hybridized carbons (Fsp3) is 0. The number of nitrogens with zero attached hydrogens (tertiary/aromatic N) is 1. The second-order valence-electron chi connectivity index (χ2n) is 8.41. The molecule has 1 aromatic heterocycles. The maximum absolute atomic E-state index is 12.8. The number of hydrogen-bond donors (Lipinski definition) is 2. The monoisotopic (exact) mass is 631 g/mol.